The van der Waals surface area contributed by atoms with Gasteiger partial charge in [-0.1, -0.05) is 13.0 Å². The van der Waals surface area contributed by atoms with E-state index in [-0.39, 0.29) is 17.9 Å². The van der Waals surface area contributed by atoms with E-state index < -0.39 is 0 Å². The van der Waals surface area contributed by atoms with Crippen molar-refractivity contribution in [1.29, 1.82) is 0 Å². The molecular formula is C22H27N3O4. The second-order valence-electron chi connectivity index (χ2n) is 7.22. The van der Waals surface area contributed by atoms with Crippen LogP contribution in [-0.4, -0.2) is 30.7 Å². The Morgan fingerprint density at radius 1 is 1.28 bits per heavy atom. The average Bonchev–Trinajstić information content (AvgIpc) is 3.09. The number of hydrogen-bond donors (Lipinski definition) is 2. The van der Waals surface area contributed by atoms with Gasteiger partial charge in [-0.15, -0.1) is 0 Å². The Balaban J connectivity index is 1.82. The summed E-state index contributed by atoms with van der Waals surface area (Å²) in [5.74, 6) is 1.14. The maximum atomic E-state index is 12.5. The largest absolute Gasteiger partial charge is 0.497 e. The van der Waals surface area contributed by atoms with E-state index in [9.17, 15) is 9.59 Å². The molecule has 1 aliphatic rings. The lowest BCUT2D eigenvalue weighted by Crippen LogP contribution is -2.32. The summed E-state index contributed by atoms with van der Waals surface area (Å²) in [6.07, 6.45) is 3.14. The van der Waals surface area contributed by atoms with Gasteiger partial charge in [0.15, 0.2) is 5.76 Å². The minimum atomic E-state index is -0.320. The second-order valence-corrected chi connectivity index (χ2v) is 7.22. The number of aryl methyl sites for hydroxylation is 1. The van der Waals surface area contributed by atoms with Gasteiger partial charge in [-0.25, -0.2) is 5.43 Å². The standard InChI is InChI=1S/C22H27N3O4/c1-5-13(2)23-22(27)20-14(3)19-17(10-7-11-18(19)29-20)24-25-21(26)15-8-6-9-16(12-15)28-4/h6,8-9,12-13H,5,7,10-11H2,1-4H3,(H,23,27)(H,25,26)/b24-17+. The predicted molar refractivity (Wildman–Crippen MR) is 111 cm³/mol. The quantitative estimate of drug-likeness (QED) is 0.729. The van der Waals surface area contributed by atoms with E-state index in [1.165, 1.54) is 0 Å². The Kier molecular flexibility index (Phi) is 6.36. The van der Waals surface area contributed by atoms with Crippen molar-refractivity contribution in [3.63, 3.8) is 0 Å². The molecule has 1 atom stereocenters. The van der Waals surface area contributed by atoms with Crippen molar-refractivity contribution in [3.05, 3.63) is 52.5 Å². The molecule has 1 unspecified atom stereocenters. The van der Waals surface area contributed by atoms with E-state index in [0.717, 1.165) is 41.9 Å². The van der Waals surface area contributed by atoms with E-state index in [0.29, 0.717) is 23.5 Å². The molecule has 3 rings (SSSR count). The van der Waals surface area contributed by atoms with Crippen LogP contribution in [0.15, 0.2) is 33.8 Å². The molecule has 2 N–H and O–H groups in total. The lowest BCUT2D eigenvalue weighted by Gasteiger charge is -2.13. The first kappa shape index (κ1) is 20.6. The number of carbonyl (C=O) groups excluding carboxylic acids is 2. The molecule has 0 bridgehead atoms. The van der Waals surface area contributed by atoms with Crippen molar-refractivity contribution in [2.24, 2.45) is 5.10 Å². The summed E-state index contributed by atoms with van der Waals surface area (Å²) in [4.78, 5) is 25.0. The van der Waals surface area contributed by atoms with Crippen LogP contribution in [0.2, 0.25) is 0 Å². The van der Waals surface area contributed by atoms with Gasteiger partial charge >= 0.3 is 0 Å². The zero-order valence-corrected chi connectivity index (χ0v) is 17.3. The number of ether oxygens (including phenoxy) is 1. The van der Waals surface area contributed by atoms with Crippen LogP contribution < -0.4 is 15.5 Å². The summed E-state index contributed by atoms with van der Waals surface area (Å²) >= 11 is 0. The molecular weight excluding hydrogens is 370 g/mol. The number of furan rings is 1. The lowest BCUT2D eigenvalue weighted by atomic mass is 9.93. The lowest BCUT2D eigenvalue weighted by molar-refractivity contribution is 0.0907. The molecule has 0 aliphatic heterocycles. The normalized spacial score (nSPS) is 15.5. The smallest absolute Gasteiger partial charge is 0.287 e. The van der Waals surface area contributed by atoms with E-state index in [1.807, 2.05) is 20.8 Å². The Hall–Kier alpha value is -3.09. The van der Waals surface area contributed by atoms with Crippen LogP contribution in [0.4, 0.5) is 0 Å². The summed E-state index contributed by atoms with van der Waals surface area (Å²) in [7, 11) is 1.55. The zero-order valence-electron chi connectivity index (χ0n) is 17.3. The van der Waals surface area contributed by atoms with Gasteiger partial charge in [-0.05, 0) is 51.3 Å². The number of fused-ring (bicyclic) bond motifs is 1. The summed E-state index contributed by atoms with van der Waals surface area (Å²) in [5.41, 5.74) is 5.40. The van der Waals surface area contributed by atoms with Crippen molar-refractivity contribution in [1.82, 2.24) is 10.7 Å². The summed E-state index contributed by atoms with van der Waals surface area (Å²) in [6, 6.07) is 6.95. The molecule has 1 aromatic heterocycles. The van der Waals surface area contributed by atoms with Crippen molar-refractivity contribution in [2.75, 3.05) is 7.11 Å². The first-order valence-corrected chi connectivity index (χ1v) is 9.89. The number of nitrogens with zero attached hydrogens (tertiary/aromatic N) is 1. The Morgan fingerprint density at radius 3 is 2.79 bits per heavy atom. The summed E-state index contributed by atoms with van der Waals surface area (Å²) in [5, 5.41) is 7.29. The minimum Gasteiger partial charge on any atom is -0.497 e. The van der Waals surface area contributed by atoms with Crippen molar-refractivity contribution >= 4 is 17.5 Å². The third kappa shape index (κ3) is 4.50. The van der Waals surface area contributed by atoms with E-state index in [1.54, 1.807) is 31.4 Å². The topological polar surface area (TPSA) is 92.9 Å². The number of hydrazone groups is 1. The molecule has 1 aromatic carbocycles. The van der Waals surface area contributed by atoms with Gasteiger partial charge in [-0.2, -0.15) is 5.10 Å². The number of hydrogen-bond acceptors (Lipinski definition) is 5. The molecule has 1 aliphatic carbocycles. The zero-order chi connectivity index (χ0) is 21.0. The SMILES string of the molecule is CCC(C)NC(=O)c1oc2c(c1C)/C(=N/NC(=O)c1cccc(OC)c1)CCC2. The first-order chi connectivity index (χ1) is 13.9. The third-order valence-corrected chi connectivity index (χ3v) is 5.15. The molecule has 0 radical (unpaired) electrons. The Bertz CT molecular complexity index is 946. The molecule has 0 saturated heterocycles. The van der Waals surface area contributed by atoms with Crippen LogP contribution in [0, 0.1) is 6.92 Å². The first-order valence-electron chi connectivity index (χ1n) is 9.89. The van der Waals surface area contributed by atoms with Gasteiger partial charge < -0.3 is 14.5 Å². The fraction of sp³-hybridized carbons (Fsp3) is 0.409. The summed E-state index contributed by atoms with van der Waals surface area (Å²) in [6.45, 7) is 5.83. The third-order valence-electron chi connectivity index (χ3n) is 5.15. The second kappa shape index (κ2) is 8.94. The van der Waals surface area contributed by atoms with Gasteiger partial charge in [0.05, 0.1) is 12.8 Å². The van der Waals surface area contributed by atoms with Crippen molar-refractivity contribution in [2.45, 2.75) is 52.5 Å². The summed E-state index contributed by atoms with van der Waals surface area (Å²) < 4.78 is 11.0. The van der Waals surface area contributed by atoms with Crippen LogP contribution in [0.1, 0.15) is 70.9 Å². The number of amides is 2. The van der Waals surface area contributed by atoms with Gasteiger partial charge in [-0.3, -0.25) is 9.59 Å². The van der Waals surface area contributed by atoms with Gasteiger partial charge in [0, 0.05) is 29.2 Å². The van der Waals surface area contributed by atoms with Crippen LogP contribution >= 0.6 is 0 Å². The molecule has 0 fully saturated rings. The maximum Gasteiger partial charge on any atom is 0.287 e. The number of methoxy groups -OCH3 is 1. The number of carbonyl (C=O) groups is 2. The Morgan fingerprint density at radius 2 is 2.07 bits per heavy atom. The Labute approximate surface area is 170 Å². The molecule has 1 heterocycles. The molecule has 7 heteroatoms. The fourth-order valence-electron chi connectivity index (χ4n) is 3.34. The fourth-order valence-corrected chi connectivity index (χ4v) is 3.34. The molecule has 29 heavy (non-hydrogen) atoms. The number of rotatable bonds is 6. The van der Waals surface area contributed by atoms with Crippen LogP contribution in [0.5, 0.6) is 5.75 Å². The monoisotopic (exact) mass is 397 g/mol. The molecule has 7 nitrogen and oxygen atoms in total. The molecule has 2 aromatic rings. The minimum absolute atomic E-state index is 0.0688. The molecule has 154 valence electrons. The highest BCUT2D eigenvalue weighted by Gasteiger charge is 2.28. The molecule has 0 saturated carbocycles. The number of nitrogens with one attached hydrogen (secondary N) is 2. The van der Waals surface area contributed by atoms with E-state index in [4.69, 9.17) is 9.15 Å². The predicted octanol–water partition coefficient (Wildman–Crippen LogP) is 3.60. The van der Waals surface area contributed by atoms with Gasteiger partial charge in [0.1, 0.15) is 11.5 Å². The van der Waals surface area contributed by atoms with Crippen LogP contribution in [0.25, 0.3) is 0 Å². The van der Waals surface area contributed by atoms with E-state index in [2.05, 4.69) is 15.8 Å². The molecule has 2 amide bonds. The highest BCUT2D eigenvalue weighted by Crippen LogP contribution is 2.30. The van der Waals surface area contributed by atoms with Gasteiger partial charge in [0.2, 0.25) is 0 Å². The number of benzene rings is 1. The van der Waals surface area contributed by atoms with Crippen molar-refractivity contribution < 1.29 is 18.7 Å². The van der Waals surface area contributed by atoms with Gasteiger partial charge in [0.25, 0.3) is 11.8 Å². The highest BCUT2D eigenvalue weighted by molar-refractivity contribution is 6.07. The average molecular weight is 397 g/mol. The van der Waals surface area contributed by atoms with Crippen LogP contribution in [0.3, 0.4) is 0 Å². The van der Waals surface area contributed by atoms with Crippen molar-refractivity contribution in [3.8, 4) is 5.75 Å². The molecule has 0 spiro atoms. The van der Waals surface area contributed by atoms with Crippen LogP contribution in [-0.2, 0) is 6.42 Å². The maximum absolute atomic E-state index is 12.5. The highest BCUT2D eigenvalue weighted by atomic mass is 16.5. The van der Waals surface area contributed by atoms with E-state index >= 15 is 0 Å².